The predicted octanol–water partition coefficient (Wildman–Crippen LogP) is 0.459. The predicted molar refractivity (Wildman–Crippen MR) is 74.4 cm³/mol. The summed E-state index contributed by atoms with van der Waals surface area (Å²) in [4.78, 5) is 14.6. The Morgan fingerprint density at radius 1 is 1.43 bits per heavy atom. The van der Waals surface area contributed by atoms with Crippen molar-refractivity contribution in [1.82, 2.24) is 10.2 Å². The Morgan fingerprint density at radius 3 is 2.95 bits per heavy atom. The summed E-state index contributed by atoms with van der Waals surface area (Å²) in [7, 11) is 3.47. The van der Waals surface area contributed by atoms with Gasteiger partial charge in [-0.05, 0) is 30.3 Å². The number of methoxy groups -OCH3 is 1. The molecule has 3 heterocycles. The molecule has 112 valence electrons. The first-order valence-electron chi connectivity index (χ1n) is 7.08. The lowest BCUT2D eigenvalue weighted by Crippen LogP contribution is -2.59. The summed E-state index contributed by atoms with van der Waals surface area (Å²) in [5.74, 6) is 1.42. The summed E-state index contributed by atoms with van der Waals surface area (Å²) < 4.78 is 16.0. The van der Waals surface area contributed by atoms with E-state index in [9.17, 15) is 4.79 Å². The average molecular weight is 290 g/mol. The molecule has 21 heavy (non-hydrogen) atoms. The van der Waals surface area contributed by atoms with Crippen molar-refractivity contribution in [3.05, 3.63) is 23.3 Å². The number of likely N-dealkylation sites (N-methyl/N-ethyl adjacent to an activating group) is 1. The van der Waals surface area contributed by atoms with Gasteiger partial charge in [-0.25, -0.2) is 4.79 Å². The summed E-state index contributed by atoms with van der Waals surface area (Å²) in [5, 5.41) is 3.41. The van der Waals surface area contributed by atoms with Gasteiger partial charge >= 0.3 is 5.97 Å². The molecule has 4 rings (SSSR count). The number of hydrogen-bond acceptors (Lipinski definition) is 6. The minimum Gasteiger partial charge on any atom is -0.468 e. The first-order chi connectivity index (χ1) is 10.1. The zero-order chi connectivity index (χ0) is 14.6. The molecule has 0 amide bonds. The molecular formula is C15H18N2O4. The van der Waals surface area contributed by atoms with Crippen LogP contribution in [0.4, 0.5) is 0 Å². The van der Waals surface area contributed by atoms with Gasteiger partial charge in [0.15, 0.2) is 11.5 Å². The van der Waals surface area contributed by atoms with Crippen molar-refractivity contribution in [1.29, 1.82) is 0 Å². The molecular weight excluding hydrogens is 272 g/mol. The van der Waals surface area contributed by atoms with Crippen LogP contribution in [0.25, 0.3) is 0 Å². The molecule has 6 heteroatoms. The summed E-state index contributed by atoms with van der Waals surface area (Å²) in [6.07, 6.45) is 0. The first-order valence-corrected chi connectivity index (χ1v) is 7.08. The van der Waals surface area contributed by atoms with E-state index >= 15 is 0 Å². The lowest BCUT2D eigenvalue weighted by molar-refractivity contribution is -0.149. The van der Waals surface area contributed by atoms with Crippen molar-refractivity contribution < 1.29 is 19.0 Å². The number of carbonyl (C=O) groups excluding carboxylic acids is 1. The van der Waals surface area contributed by atoms with Gasteiger partial charge < -0.3 is 19.1 Å². The van der Waals surface area contributed by atoms with E-state index in [2.05, 4.69) is 10.2 Å². The highest BCUT2D eigenvalue weighted by Gasteiger charge is 2.55. The molecule has 2 atom stereocenters. The van der Waals surface area contributed by atoms with Gasteiger partial charge in [0.25, 0.3) is 0 Å². The maximum Gasteiger partial charge on any atom is 0.328 e. The lowest BCUT2D eigenvalue weighted by Gasteiger charge is -2.38. The average Bonchev–Trinajstić information content (AvgIpc) is 3.07. The molecule has 0 bridgehead atoms. The number of rotatable bonds is 1. The molecule has 1 N–H and O–H groups in total. The smallest absolute Gasteiger partial charge is 0.328 e. The van der Waals surface area contributed by atoms with Gasteiger partial charge in [0.05, 0.1) is 7.11 Å². The van der Waals surface area contributed by atoms with Crippen molar-refractivity contribution in [3.8, 4) is 11.5 Å². The second-order valence-electron chi connectivity index (χ2n) is 5.97. The SMILES string of the molecule is COC(=O)[C@]12CN(C)C[C@H]1c1cc3c(cc1CN2)OCO3. The normalized spacial score (nSPS) is 29.9. The number of nitrogens with zero attached hydrogens (tertiary/aromatic N) is 1. The van der Waals surface area contributed by atoms with Crippen LogP contribution >= 0.6 is 0 Å². The monoisotopic (exact) mass is 290 g/mol. The highest BCUT2D eigenvalue weighted by Crippen LogP contribution is 2.45. The number of fused-ring (bicyclic) bond motifs is 4. The number of hydrogen-bond donors (Lipinski definition) is 1. The Morgan fingerprint density at radius 2 is 2.19 bits per heavy atom. The Labute approximate surface area is 123 Å². The van der Waals surface area contributed by atoms with Gasteiger partial charge in [-0.1, -0.05) is 0 Å². The van der Waals surface area contributed by atoms with Crippen LogP contribution < -0.4 is 14.8 Å². The Bertz CT molecular complexity index is 618. The fourth-order valence-electron chi connectivity index (χ4n) is 3.80. The van der Waals surface area contributed by atoms with Crippen LogP contribution in [0.5, 0.6) is 11.5 Å². The van der Waals surface area contributed by atoms with E-state index in [0.29, 0.717) is 13.1 Å². The van der Waals surface area contributed by atoms with Crippen LogP contribution in [-0.4, -0.2) is 50.4 Å². The number of esters is 1. The fraction of sp³-hybridized carbons (Fsp3) is 0.533. The molecule has 0 aliphatic carbocycles. The standard InChI is InChI=1S/C15H18N2O4/c1-17-6-11-10-4-13-12(20-8-21-13)3-9(10)5-16-15(11,7-17)14(18)19-2/h3-4,11,16H,5-8H2,1-2H3/t11-,15-/m0/s1. The van der Waals surface area contributed by atoms with Gasteiger partial charge in [-0.3, -0.25) is 5.32 Å². The number of likely N-dealkylation sites (tertiary alicyclic amines) is 1. The summed E-state index contributed by atoms with van der Waals surface area (Å²) in [5.41, 5.74) is 1.66. The van der Waals surface area contributed by atoms with Gasteiger partial charge in [-0.2, -0.15) is 0 Å². The Balaban J connectivity index is 1.83. The van der Waals surface area contributed by atoms with Crippen molar-refractivity contribution in [2.24, 2.45) is 0 Å². The van der Waals surface area contributed by atoms with Crippen LogP contribution in [0, 0.1) is 0 Å². The molecule has 1 aromatic rings. The molecule has 6 nitrogen and oxygen atoms in total. The number of benzene rings is 1. The van der Waals surface area contributed by atoms with Gasteiger partial charge in [0.1, 0.15) is 5.54 Å². The molecule has 1 fully saturated rings. The summed E-state index contributed by atoms with van der Waals surface area (Å²) >= 11 is 0. The van der Waals surface area contributed by atoms with E-state index in [0.717, 1.165) is 23.6 Å². The van der Waals surface area contributed by atoms with Crippen LogP contribution in [0.3, 0.4) is 0 Å². The summed E-state index contributed by atoms with van der Waals surface area (Å²) in [6.45, 7) is 2.36. The number of ether oxygens (including phenoxy) is 3. The van der Waals surface area contributed by atoms with Crippen molar-refractivity contribution in [2.75, 3.05) is 34.0 Å². The first kappa shape index (κ1) is 12.9. The van der Waals surface area contributed by atoms with E-state index in [1.54, 1.807) is 0 Å². The lowest BCUT2D eigenvalue weighted by atomic mass is 9.76. The van der Waals surface area contributed by atoms with Crippen molar-refractivity contribution >= 4 is 5.97 Å². The minimum absolute atomic E-state index is 0.0631. The third-order valence-electron chi connectivity index (χ3n) is 4.76. The minimum atomic E-state index is -0.663. The second kappa shape index (κ2) is 4.35. The largest absolute Gasteiger partial charge is 0.468 e. The fourth-order valence-corrected chi connectivity index (χ4v) is 3.80. The van der Waals surface area contributed by atoms with E-state index in [1.807, 2.05) is 19.2 Å². The van der Waals surface area contributed by atoms with Crippen LogP contribution in [0.15, 0.2) is 12.1 Å². The second-order valence-corrected chi connectivity index (χ2v) is 5.97. The van der Waals surface area contributed by atoms with E-state index < -0.39 is 5.54 Å². The topological polar surface area (TPSA) is 60.0 Å². The van der Waals surface area contributed by atoms with Crippen LogP contribution in [0.1, 0.15) is 17.0 Å². The molecule has 0 aromatic heterocycles. The molecule has 0 spiro atoms. The highest BCUT2D eigenvalue weighted by molar-refractivity contribution is 5.84. The van der Waals surface area contributed by atoms with Crippen LogP contribution in [-0.2, 0) is 16.1 Å². The molecule has 0 radical (unpaired) electrons. The zero-order valence-corrected chi connectivity index (χ0v) is 12.1. The molecule has 1 aromatic carbocycles. The quantitative estimate of drug-likeness (QED) is 0.758. The van der Waals surface area contributed by atoms with Crippen molar-refractivity contribution in [3.63, 3.8) is 0 Å². The van der Waals surface area contributed by atoms with E-state index in [4.69, 9.17) is 14.2 Å². The maximum atomic E-state index is 12.4. The highest BCUT2D eigenvalue weighted by atomic mass is 16.7. The van der Waals surface area contributed by atoms with E-state index in [1.165, 1.54) is 12.7 Å². The van der Waals surface area contributed by atoms with Gasteiger partial charge in [0, 0.05) is 25.6 Å². The third kappa shape index (κ3) is 1.69. The van der Waals surface area contributed by atoms with Gasteiger partial charge in [-0.15, -0.1) is 0 Å². The molecule has 1 saturated heterocycles. The van der Waals surface area contributed by atoms with Crippen molar-refractivity contribution in [2.45, 2.75) is 18.0 Å². The zero-order valence-electron chi connectivity index (χ0n) is 12.1. The Hall–Kier alpha value is -1.79. The van der Waals surface area contributed by atoms with Gasteiger partial charge in [0.2, 0.25) is 6.79 Å². The Kier molecular flexibility index (Phi) is 2.68. The summed E-state index contributed by atoms with van der Waals surface area (Å²) in [6, 6.07) is 4.05. The molecule has 3 aliphatic heterocycles. The molecule has 0 unspecified atom stereocenters. The number of carbonyl (C=O) groups is 1. The van der Waals surface area contributed by atoms with E-state index in [-0.39, 0.29) is 18.7 Å². The maximum absolute atomic E-state index is 12.4. The third-order valence-corrected chi connectivity index (χ3v) is 4.76. The van der Waals surface area contributed by atoms with Crippen LogP contribution in [0.2, 0.25) is 0 Å². The number of nitrogens with one attached hydrogen (secondary N) is 1. The molecule has 3 aliphatic rings. The molecule has 0 saturated carbocycles.